The van der Waals surface area contributed by atoms with E-state index in [-0.39, 0.29) is 19.9 Å². The van der Waals surface area contributed by atoms with Crippen LogP contribution in [0.3, 0.4) is 0 Å². The number of methoxy groups -OCH3 is 1. The van der Waals surface area contributed by atoms with Gasteiger partial charge in [0.2, 0.25) is 22.7 Å². The zero-order chi connectivity index (χ0) is 19.4. The lowest BCUT2D eigenvalue weighted by atomic mass is 10.2. The average molecular weight is 392 g/mol. The van der Waals surface area contributed by atoms with Gasteiger partial charge in [0, 0.05) is 6.54 Å². The van der Waals surface area contributed by atoms with E-state index in [9.17, 15) is 13.2 Å². The van der Waals surface area contributed by atoms with Crippen LogP contribution in [0.25, 0.3) is 0 Å². The Bertz CT molecular complexity index is 945. The number of carbonyl (C=O) groups is 1. The second-order valence-electron chi connectivity index (χ2n) is 5.91. The van der Waals surface area contributed by atoms with Crippen molar-refractivity contribution in [1.29, 1.82) is 0 Å². The molecule has 0 aliphatic carbocycles. The van der Waals surface area contributed by atoms with Crippen LogP contribution >= 0.6 is 0 Å². The van der Waals surface area contributed by atoms with Crippen molar-refractivity contribution in [2.45, 2.75) is 6.54 Å². The molecule has 0 saturated heterocycles. The summed E-state index contributed by atoms with van der Waals surface area (Å²) in [5, 5.41) is 2.72. The van der Waals surface area contributed by atoms with Crippen LogP contribution < -0.4 is 23.8 Å². The number of benzene rings is 2. The van der Waals surface area contributed by atoms with Crippen molar-refractivity contribution in [3.8, 4) is 17.2 Å². The van der Waals surface area contributed by atoms with Crippen molar-refractivity contribution in [3.63, 3.8) is 0 Å². The number of para-hydroxylation sites is 2. The van der Waals surface area contributed by atoms with Crippen LogP contribution in [0.1, 0.15) is 5.56 Å². The molecule has 0 aromatic heterocycles. The molecule has 144 valence electrons. The zero-order valence-electron chi connectivity index (χ0n) is 15.0. The maximum Gasteiger partial charge on any atom is 0.241 e. The molecule has 3 rings (SSSR count). The van der Waals surface area contributed by atoms with Crippen LogP contribution in [0.5, 0.6) is 17.2 Å². The first-order valence-electron chi connectivity index (χ1n) is 8.14. The molecule has 0 spiro atoms. The highest BCUT2D eigenvalue weighted by Gasteiger charge is 2.23. The Morgan fingerprint density at radius 1 is 1.19 bits per heavy atom. The standard InChI is InChI=1S/C18H20N2O6S/c1-24-15-6-4-3-5-14(15)20(27(2,22)23)11-18(21)19-10-13-7-8-16-17(9-13)26-12-25-16/h3-9H,10-12H2,1-2H3,(H,19,21). The highest BCUT2D eigenvalue weighted by molar-refractivity contribution is 7.92. The SMILES string of the molecule is COc1ccccc1N(CC(=O)NCc1ccc2c(c1)OCO2)S(C)(=O)=O. The smallest absolute Gasteiger partial charge is 0.241 e. The first kappa shape index (κ1) is 18.8. The number of rotatable bonds is 7. The van der Waals surface area contributed by atoms with E-state index in [1.807, 2.05) is 6.07 Å². The fraction of sp³-hybridized carbons (Fsp3) is 0.278. The van der Waals surface area contributed by atoms with E-state index in [1.54, 1.807) is 36.4 Å². The largest absolute Gasteiger partial charge is 0.495 e. The molecule has 0 bridgehead atoms. The Labute approximate surface area is 157 Å². The Hall–Kier alpha value is -2.94. The average Bonchev–Trinajstić information content (AvgIpc) is 3.11. The topological polar surface area (TPSA) is 94.2 Å². The van der Waals surface area contributed by atoms with Gasteiger partial charge in [-0.1, -0.05) is 18.2 Å². The third-order valence-corrected chi connectivity index (χ3v) is 5.09. The predicted molar refractivity (Wildman–Crippen MR) is 99.6 cm³/mol. The Kier molecular flexibility index (Phi) is 5.41. The molecule has 1 aliphatic rings. The molecule has 1 N–H and O–H groups in total. The van der Waals surface area contributed by atoms with Crippen molar-refractivity contribution < 1.29 is 27.4 Å². The van der Waals surface area contributed by atoms with E-state index in [1.165, 1.54) is 7.11 Å². The number of sulfonamides is 1. The summed E-state index contributed by atoms with van der Waals surface area (Å²) in [5.74, 6) is 1.20. The first-order chi connectivity index (χ1) is 12.9. The van der Waals surface area contributed by atoms with E-state index >= 15 is 0 Å². The number of nitrogens with one attached hydrogen (secondary N) is 1. The van der Waals surface area contributed by atoms with E-state index in [0.29, 0.717) is 22.9 Å². The van der Waals surface area contributed by atoms with Crippen molar-refractivity contribution in [3.05, 3.63) is 48.0 Å². The molecule has 1 aliphatic heterocycles. The van der Waals surface area contributed by atoms with Crippen molar-refractivity contribution in [2.24, 2.45) is 0 Å². The van der Waals surface area contributed by atoms with Gasteiger partial charge in [0.25, 0.3) is 0 Å². The monoisotopic (exact) mass is 392 g/mol. The van der Waals surface area contributed by atoms with Crippen LogP contribution in [-0.2, 0) is 21.4 Å². The summed E-state index contributed by atoms with van der Waals surface area (Å²) in [6.07, 6.45) is 1.05. The van der Waals surface area contributed by atoms with Gasteiger partial charge in [0.05, 0.1) is 19.1 Å². The summed E-state index contributed by atoms with van der Waals surface area (Å²) in [6, 6.07) is 12.0. The number of hydrogen-bond acceptors (Lipinski definition) is 6. The molecule has 0 unspecified atom stereocenters. The fourth-order valence-corrected chi connectivity index (χ4v) is 3.51. The molecule has 0 fully saturated rings. The molecule has 1 heterocycles. The van der Waals surface area contributed by atoms with Gasteiger partial charge < -0.3 is 19.5 Å². The quantitative estimate of drug-likeness (QED) is 0.768. The van der Waals surface area contributed by atoms with Crippen molar-refractivity contribution in [2.75, 3.05) is 31.0 Å². The van der Waals surface area contributed by atoms with E-state index < -0.39 is 15.9 Å². The van der Waals surface area contributed by atoms with E-state index in [2.05, 4.69) is 5.32 Å². The fourth-order valence-electron chi connectivity index (χ4n) is 2.65. The number of nitrogens with zero attached hydrogens (tertiary/aromatic N) is 1. The van der Waals surface area contributed by atoms with Crippen LogP contribution in [0.4, 0.5) is 5.69 Å². The number of anilines is 1. The maximum atomic E-state index is 12.4. The zero-order valence-corrected chi connectivity index (χ0v) is 15.8. The van der Waals surface area contributed by atoms with Gasteiger partial charge >= 0.3 is 0 Å². The van der Waals surface area contributed by atoms with Crippen molar-refractivity contribution >= 4 is 21.6 Å². The lowest BCUT2D eigenvalue weighted by Gasteiger charge is -2.23. The number of carbonyl (C=O) groups excluding carboxylic acids is 1. The minimum atomic E-state index is -3.68. The molecule has 9 heteroatoms. The van der Waals surface area contributed by atoms with Gasteiger partial charge in [-0.2, -0.15) is 0 Å². The summed E-state index contributed by atoms with van der Waals surface area (Å²) in [4.78, 5) is 12.4. The van der Waals surface area contributed by atoms with Crippen LogP contribution in [0, 0.1) is 0 Å². The highest BCUT2D eigenvalue weighted by Crippen LogP contribution is 2.32. The van der Waals surface area contributed by atoms with Gasteiger partial charge in [0.15, 0.2) is 11.5 Å². The highest BCUT2D eigenvalue weighted by atomic mass is 32.2. The molecule has 0 radical (unpaired) electrons. The molecule has 2 aromatic carbocycles. The molecule has 0 saturated carbocycles. The van der Waals surface area contributed by atoms with Crippen LogP contribution in [0.2, 0.25) is 0 Å². The van der Waals surface area contributed by atoms with Gasteiger partial charge in [-0.3, -0.25) is 9.10 Å². The molecular weight excluding hydrogens is 372 g/mol. The molecule has 0 atom stereocenters. The van der Waals surface area contributed by atoms with Gasteiger partial charge in [0.1, 0.15) is 12.3 Å². The minimum absolute atomic E-state index is 0.174. The minimum Gasteiger partial charge on any atom is -0.495 e. The normalized spacial score (nSPS) is 12.5. The third kappa shape index (κ3) is 4.43. The van der Waals surface area contributed by atoms with E-state index in [4.69, 9.17) is 14.2 Å². The summed E-state index contributed by atoms with van der Waals surface area (Å²) in [6.45, 7) is 0.0517. The number of ether oxygens (including phenoxy) is 3. The lowest BCUT2D eigenvalue weighted by molar-refractivity contribution is -0.119. The second-order valence-corrected chi connectivity index (χ2v) is 7.81. The Morgan fingerprint density at radius 3 is 2.67 bits per heavy atom. The summed E-state index contributed by atoms with van der Waals surface area (Å²) in [5.41, 5.74) is 1.12. The van der Waals surface area contributed by atoms with Crippen LogP contribution in [0.15, 0.2) is 42.5 Å². The third-order valence-electron chi connectivity index (χ3n) is 3.97. The van der Waals surface area contributed by atoms with Crippen molar-refractivity contribution in [1.82, 2.24) is 5.32 Å². The summed E-state index contributed by atoms with van der Waals surface area (Å²) < 4.78 is 41.2. The lowest BCUT2D eigenvalue weighted by Crippen LogP contribution is -2.40. The second kappa shape index (κ2) is 7.75. The number of amides is 1. The van der Waals surface area contributed by atoms with Gasteiger partial charge in [-0.05, 0) is 29.8 Å². The predicted octanol–water partition coefficient (Wildman–Crippen LogP) is 1.51. The van der Waals surface area contributed by atoms with Gasteiger partial charge in [-0.15, -0.1) is 0 Å². The molecule has 27 heavy (non-hydrogen) atoms. The van der Waals surface area contributed by atoms with Gasteiger partial charge in [-0.25, -0.2) is 8.42 Å². The molecule has 2 aromatic rings. The number of hydrogen-bond donors (Lipinski definition) is 1. The maximum absolute atomic E-state index is 12.4. The molecule has 8 nitrogen and oxygen atoms in total. The Morgan fingerprint density at radius 2 is 1.93 bits per heavy atom. The summed E-state index contributed by atoms with van der Waals surface area (Å²) in [7, 11) is -2.24. The summed E-state index contributed by atoms with van der Waals surface area (Å²) >= 11 is 0. The Balaban J connectivity index is 1.70. The molecular formula is C18H20N2O6S. The van der Waals surface area contributed by atoms with Crippen LogP contribution in [-0.4, -0.2) is 41.0 Å². The first-order valence-corrected chi connectivity index (χ1v) is 9.99. The molecule has 1 amide bonds. The number of fused-ring (bicyclic) bond motifs is 1. The van der Waals surface area contributed by atoms with E-state index in [0.717, 1.165) is 16.1 Å².